The Labute approximate surface area is 131 Å². The van der Waals surface area contributed by atoms with E-state index in [1.54, 1.807) is 0 Å². The van der Waals surface area contributed by atoms with Crippen LogP contribution in [0, 0.1) is 13.8 Å². The van der Waals surface area contributed by atoms with E-state index in [4.69, 9.17) is 0 Å². The average Bonchev–Trinajstić information content (AvgIpc) is 2.54. The van der Waals surface area contributed by atoms with Crippen molar-refractivity contribution >= 4 is 22.8 Å². The second kappa shape index (κ2) is 6.35. The molecule has 0 fully saturated rings. The molecule has 2 aromatic carbocycles. The second-order valence-electron chi connectivity index (χ2n) is 5.56. The maximum atomic E-state index is 3.40. The van der Waals surface area contributed by atoms with Crippen LogP contribution >= 0.6 is 0 Å². The topological polar surface area (TPSA) is 27.9 Å². The van der Waals surface area contributed by atoms with E-state index in [2.05, 4.69) is 96.7 Å². The first-order valence-electron chi connectivity index (χ1n) is 7.46. The summed E-state index contributed by atoms with van der Waals surface area (Å²) in [5.41, 5.74) is 6.90. The predicted octanol–water partition coefficient (Wildman–Crippen LogP) is 1.44. The molecule has 3 rings (SSSR count). The molecule has 2 N–H and O–H groups in total. The lowest BCUT2D eigenvalue weighted by molar-refractivity contribution is -0.354. The fraction of sp³-hybridized carbons (Fsp3) is 0.100. The number of hydrogen-bond donors (Lipinski definition) is 2. The minimum absolute atomic E-state index is 1.08. The van der Waals surface area contributed by atoms with Gasteiger partial charge in [-0.3, -0.25) is 0 Å². The normalized spacial score (nSPS) is 13.4. The van der Waals surface area contributed by atoms with Gasteiger partial charge in [-0.2, -0.15) is 0 Å². The van der Waals surface area contributed by atoms with Crippen LogP contribution in [0.2, 0.25) is 0 Å². The standard InChI is InChI=1S/C20H18N2/c1-15-3-7-17(8-4-15)21-19-11-13-20(14-12-19)22-18-9-5-16(2)6-10-18/h3-14H,1-2H3/p+2. The van der Waals surface area contributed by atoms with Gasteiger partial charge in [-0.15, -0.1) is 0 Å². The molecule has 2 nitrogen and oxygen atoms in total. The van der Waals surface area contributed by atoms with Crippen molar-refractivity contribution in [2.75, 3.05) is 0 Å². The molecule has 0 heterocycles. The third-order valence-electron chi connectivity index (χ3n) is 3.57. The van der Waals surface area contributed by atoms with E-state index >= 15 is 0 Å². The van der Waals surface area contributed by atoms with E-state index in [-0.39, 0.29) is 0 Å². The van der Waals surface area contributed by atoms with Gasteiger partial charge in [-0.1, -0.05) is 35.4 Å². The zero-order chi connectivity index (χ0) is 15.4. The first-order chi connectivity index (χ1) is 10.7. The highest BCUT2D eigenvalue weighted by atomic mass is 14.8. The lowest BCUT2D eigenvalue weighted by Gasteiger charge is -1.96. The number of hydrogen-bond acceptors (Lipinski definition) is 0. The molecule has 0 radical (unpaired) electrons. The van der Waals surface area contributed by atoms with Gasteiger partial charge in [0.05, 0.1) is 0 Å². The molecule has 2 aromatic rings. The fourth-order valence-electron chi connectivity index (χ4n) is 2.24. The lowest BCUT2D eigenvalue weighted by atomic mass is 10.1. The summed E-state index contributed by atoms with van der Waals surface area (Å²) in [6, 6.07) is 16.8. The minimum atomic E-state index is 1.08. The van der Waals surface area contributed by atoms with E-state index in [0.29, 0.717) is 0 Å². The van der Waals surface area contributed by atoms with Crippen LogP contribution in [-0.2, 0) is 0 Å². The second-order valence-corrected chi connectivity index (χ2v) is 5.56. The van der Waals surface area contributed by atoms with Gasteiger partial charge in [-0.25, -0.2) is 9.98 Å². The molecule has 1 aliphatic rings. The van der Waals surface area contributed by atoms with Gasteiger partial charge in [-0.05, 0) is 13.8 Å². The minimum Gasteiger partial charge on any atom is -0.205 e. The summed E-state index contributed by atoms with van der Waals surface area (Å²) >= 11 is 0. The molecule has 22 heavy (non-hydrogen) atoms. The largest absolute Gasteiger partial charge is 0.205 e. The summed E-state index contributed by atoms with van der Waals surface area (Å²) in [5, 5.41) is 0. The summed E-state index contributed by atoms with van der Waals surface area (Å²) < 4.78 is 0. The maximum Gasteiger partial charge on any atom is 0.204 e. The molecule has 0 unspecified atom stereocenters. The molecular formula is C20H20N2+2. The van der Waals surface area contributed by atoms with E-state index in [1.807, 2.05) is 0 Å². The molecular weight excluding hydrogens is 268 g/mol. The quantitative estimate of drug-likeness (QED) is 0.783. The van der Waals surface area contributed by atoms with Crippen molar-refractivity contribution in [2.24, 2.45) is 0 Å². The summed E-state index contributed by atoms with van der Waals surface area (Å²) in [4.78, 5) is 6.80. The Morgan fingerprint density at radius 1 is 0.500 bits per heavy atom. The third kappa shape index (κ3) is 3.67. The first kappa shape index (κ1) is 14.2. The van der Waals surface area contributed by atoms with Crippen LogP contribution in [0.3, 0.4) is 0 Å². The molecule has 108 valence electrons. The number of nitrogens with one attached hydrogen (secondary N) is 2. The molecule has 0 bridgehead atoms. The van der Waals surface area contributed by atoms with Crippen molar-refractivity contribution < 1.29 is 9.98 Å². The Morgan fingerprint density at radius 3 is 1.14 bits per heavy atom. The van der Waals surface area contributed by atoms with Crippen molar-refractivity contribution in [3.8, 4) is 0 Å². The predicted molar refractivity (Wildman–Crippen MR) is 91.9 cm³/mol. The average molecular weight is 288 g/mol. The SMILES string of the molecule is Cc1ccc([NH+]=C2C=CC(=[NH+]c3ccc(C)cc3)C=C2)cc1. The molecule has 0 spiro atoms. The van der Waals surface area contributed by atoms with Gasteiger partial charge in [0.1, 0.15) is 0 Å². The number of benzene rings is 2. The van der Waals surface area contributed by atoms with Gasteiger partial charge >= 0.3 is 0 Å². The van der Waals surface area contributed by atoms with Crippen molar-refractivity contribution in [1.29, 1.82) is 0 Å². The van der Waals surface area contributed by atoms with Gasteiger partial charge in [0.15, 0.2) is 0 Å². The summed E-state index contributed by atoms with van der Waals surface area (Å²) in [6.45, 7) is 4.19. The smallest absolute Gasteiger partial charge is 0.204 e. The van der Waals surface area contributed by atoms with Crippen LogP contribution in [-0.4, -0.2) is 11.4 Å². The van der Waals surface area contributed by atoms with Crippen molar-refractivity contribution in [2.45, 2.75) is 13.8 Å². The molecule has 0 aromatic heterocycles. The van der Waals surface area contributed by atoms with Gasteiger partial charge in [0.25, 0.3) is 0 Å². The van der Waals surface area contributed by atoms with Gasteiger partial charge < -0.3 is 0 Å². The van der Waals surface area contributed by atoms with Gasteiger partial charge in [0, 0.05) is 48.6 Å². The Bertz CT molecular complexity index is 688. The zero-order valence-corrected chi connectivity index (χ0v) is 12.9. The lowest BCUT2D eigenvalue weighted by Crippen LogP contribution is -2.68. The first-order valence-corrected chi connectivity index (χ1v) is 7.46. The Balaban J connectivity index is 1.76. The monoisotopic (exact) mass is 288 g/mol. The highest BCUT2D eigenvalue weighted by Gasteiger charge is 2.09. The maximum absolute atomic E-state index is 3.40. The Kier molecular flexibility index (Phi) is 4.10. The number of allylic oxidation sites excluding steroid dienone is 4. The molecule has 1 aliphatic carbocycles. The van der Waals surface area contributed by atoms with Crippen molar-refractivity contribution in [3.05, 3.63) is 84.0 Å². The van der Waals surface area contributed by atoms with E-state index < -0.39 is 0 Å². The molecule has 0 saturated carbocycles. The molecule has 2 heteroatoms. The van der Waals surface area contributed by atoms with Crippen LogP contribution < -0.4 is 9.98 Å². The van der Waals surface area contributed by atoms with Crippen LogP contribution in [0.1, 0.15) is 11.1 Å². The van der Waals surface area contributed by atoms with Gasteiger partial charge in [0.2, 0.25) is 22.8 Å². The molecule has 0 amide bonds. The summed E-state index contributed by atoms with van der Waals surface area (Å²) in [5.74, 6) is 0. The Hall–Kier alpha value is -2.74. The molecule has 0 saturated heterocycles. The van der Waals surface area contributed by atoms with E-state index in [0.717, 1.165) is 22.8 Å². The highest BCUT2D eigenvalue weighted by molar-refractivity contribution is 6.14. The fourth-order valence-corrected chi connectivity index (χ4v) is 2.24. The van der Waals surface area contributed by atoms with E-state index in [1.165, 1.54) is 11.1 Å². The zero-order valence-electron chi connectivity index (χ0n) is 12.9. The van der Waals surface area contributed by atoms with Crippen molar-refractivity contribution in [3.63, 3.8) is 0 Å². The molecule has 0 atom stereocenters. The van der Waals surface area contributed by atoms with Crippen molar-refractivity contribution in [1.82, 2.24) is 0 Å². The van der Waals surface area contributed by atoms with Crippen LogP contribution in [0.15, 0.2) is 72.8 Å². The number of rotatable bonds is 2. The summed E-state index contributed by atoms with van der Waals surface area (Å²) in [6.07, 6.45) is 8.32. The number of aryl methyl sites for hydroxylation is 2. The van der Waals surface area contributed by atoms with Crippen LogP contribution in [0.4, 0.5) is 11.4 Å². The Morgan fingerprint density at radius 2 is 0.818 bits per heavy atom. The van der Waals surface area contributed by atoms with E-state index in [9.17, 15) is 0 Å². The van der Waals surface area contributed by atoms with Crippen LogP contribution in [0.5, 0.6) is 0 Å². The van der Waals surface area contributed by atoms with Crippen LogP contribution in [0.25, 0.3) is 0 Å². The summed E-state index contributed by atoms with van der Waals surface area (Å²) in [7, 11) is 0. The molecule has 0 aliphatic heterocycles. The highest BCUT2D eigenvalue weighted by Crippen LogP contribution is 2.03. The third-order valence-corrected chi connectivity index (χ3v) is 3.57.